The Balaban J connectivity index is 2.17. The molecule has 2 aromatic carbocycles. The largest absolute Gasteiger partial charge is 0.407 e. The van der Waals surface area contributed by atoms with Crippen molar-refractivity contribution in [1.82, 2.24) is 0 Å². The molecule has 29 heavy (non-hydrogen) atoms. The molecule has 0 aliphatic carbocycles. The van der Waals surface area contributed by atoms with Gasteiger partial charge < -0.3 is 8.85 Å². The van der Waals surface area contributed by atoms with E-state index >= 15 is 0 Å². The van der Waals surface area contributed by atoms with Gasteiger partial charge in [-0.15, -0.1) is 46.4 Å². The number of hydrogen-bond acceptors (Lipinski definition) is 2. The fourth-order valence-corrected chi connectivity index (χ4v) is 8.51. The van der Waals surface area contributed by atoms with E-state index in [1.54, 1.807) is 0 Å². The lowest BCUT2D eigenvalue weighted by Crippen LogP contribution is -2.63. The molecule has 0 saturated heterocycles. The Labute approximate surface area is 200 Å². The molecule has 2 nitrogen and oxygen atoms in total. The standard InChI is InChI=1S/C20H24Cl4O2Si3/c21-19(22)27-15-7-13-25-29(17-9-3-1-4-10-17,18-11-5-2-6-12-18)26-14-8-16-28-20(23)24/h1-6,9-12,19-20H,7-8,13-16H2. The molecular formula is C20H24Cl4O2Si3. The van der Waals surface area contributed by atoms with Gasteiger partial charge in [-0.3, -0.25) is 0 Å². The molecule has 0 spiro atoms. The van der Waals surface area contributed by atoms with Gasteiger partial charge in [-0.05, 0) is 23.2 Å². The Morgan fingerprint density at radius 3 is 1.38 bits per heavy atom. The van der Waals surface area contributed by atoms with Gasteiger partial charge in [0.25, 0.3) is 0 Å². The third-order valence-electron chi connectivity index (χ3n) is 4.16. The van der Waals surface area contributed by atoms with E-state index in [0.29, 0.717) is 32.3 Å². The van der Waals surface area contributed by atoms with E-state index in [1.165, 1.54) is 0 Å². The van der Waals surface area contributed by atoms with Crippen LogP contribution >= 0.6 is 46.4 Å². The van der Waals surface area contributed by atoms with Crippen molar-refractivity contribution in [3.8, 4) is 0 Å². The van der Waals surface area contributed by atoms with E-state index in [1.807, 2.05) is 36.4 Å². The van der Waals surface area contributed by atoms with Crippen LogP contribution in [0.3, 0.4) is 0 Å². The topological polar surface area (TPSA) is 18.5 Å². The maximum absolute atomic E-state index is 6.60. The number of hydrogen-bond donors (Lipinski definition) is 0. The van der Waals surface area contributed by atoms with Crippen LogP contribution in [0.2, 0.25) is 12.1 Å². The predicted octanol–water partition coefficient (Wildman–Crippen LogP) is 4.82. The second-order valence-electron chi connectivity index (χ2n) is 6.26. The molecule has 4 radical (unpaired) electrons. The van der Waals surface area contributed by atoms with Crippen LogP contribution in [0, 0.1) is 0 Å². The van der Waals surface area contributed by atoms with E-state index < -0.39 is 8.56 Å². The first-order chi connectivity index (χ1) is 14.0. The molecule has 9 heteroatoms. The Morgan fingerprint density at radius 2 is 1.03 bits per heavy atom. The van der Waals surface area contributed by atoms with Crippen molar-refractivity contribution in [2.45, 2.75) is 33.8 Å². The molecule has 0 fully saturated rings. The summed E-state index contributed by atoms with van der Waals surface area (Å²) in [5, 5.41) is 2.22. The second kappa shape index (κ2) is 14.3. The fraction of sp³-hybridized carbons (Fsp3) is 0.400. The minimum atomic E-state index is -2.83. The smallest absolute Gasteiger partial charge is 0.388 e. The van der Waals surface area contributed by atoms with Crippen LogP contribution < -0.4 is 10.4 Å². The van der Waals surface area contributed by atoms with Gasteiger partial charge in [-0.2, -0.15) is 0 Å². The van der Waals surface area contributed by atoms with Crippen molar-refractivity contribution < 1.29 is 8.85 Å². The van der Waals surface area contributed by atoms with E-state index in [0.717, 1.165) is 35.3 Å². The van der Waals surface area contributed by atoms with Gasteiger partial charge in [0.2, 0.25) is 0 Å². The zero-order valence-electron chi connectivity index (χ0n) is 16.0. The molecule has 2 rings (SSSR count). The van der Waals surface area contributed by atoms with E-state index in [4.69, 9.17) is 55.3 Å². The van der Waals surface area contributed by atoms with Gasteiger partial charge in [-0.1, -0.05) is 72.8 Å². The Hall–Kier alpha value is 0.171. The van der Waals surface area contributed by atoms with Crippen LogP contribution in [0.1, 0.15) is 12.8 Å². The van der Waals surface area contributed by atoms with Crippen LogP contribution in [-0.4, -0.2) is 49.7 Å². The SMILES string of the molecule is ClC(Cl)[Si]CCCO[Si](OCCC[Si]C(Cl)Cl)(c1ccccc1)c1ccccc1. The highest BCUT2D eigenvalue weighted by Gasteiger charge is 2.42. The second-order valence-corrected chi connectivity index (χ2v) is 15.9. The first-order valence-corrected chi connectivity index (χ1v) is 15.6. The van der Waals surface area contributed by atoms with Crippen molar-refractivity contribution >= 4 is 84.4 Å². The van der Waals surface area contributed by atoms with Crippen LogP contribution in [0.5, 0.6) is 0 Å². The highest BCUT2D eigenvalue weighted by atomic mass is 35.5. The number of rotatable bonds is 14. The normalized spacial score (nSPS) is 12.1. The molecule has 0 amide bonds. The summed E-state index contributed by atoms with van der Waals surface area (Å²) in [6.07, 6.45) is 1.79. The molecule has 0 unspecified atom stereocenters. The third-order valence-corrected chi connectivity index (χ3v) is 11.3. The van der Waals surface area contributed by atoms with Crippen LogP contribution in [0.15, 0.2) is 60.7 Å². The van der Waals surface area contributed by atoms with Gasteiger partial charge in [0.15, 0.2) is 0 Å². The molecular weight excluding hydrogens is 498 g/mol. The Morgan fingerprint density at radius 1 is 0.655 bits per heavy atom. The minimum Gasteiger partial charge on any atom is -0.388 e. The summed E-state index contributed by atoms with van der Waals surface area (Å²) in [4.78, 5) is 0. The van der Waals surface area contributed by atoms with Crippen molar-refractivity contribution in [3.05, 3.63) is 60.7 Å². The average molecular weight is 522 g/mol. The summed E-state index contributed by atoms with van der Waals surface area (Å²) in [6.45, 7) is 1.22. The molecule has 156 valence electrons. The lowest BCUT2D eigenvalue weighted by molar-refractivity contribution is 0.191. The lowest BCUT2D eigenvalue weighted by Gasteiger charge is -2.31. The van der Waals surface area contributed by atoms with E-state index in [2.05, 4.69) is 24.3 Å². The Kier molecular flexibility index (Phi) is 12.5. The quantitative estimate of drug-likeness (QED) is 0.201. The highest BCUT2D eigenvalue weighted by molar-refractivity contribution is 6.92. The summed E-state index contributed by atoms with van der Waals surface area (Å²) in [5.74, 6) is 0. The van der Waals surface area contributed by atoms with Gasteiger partial charge >= 0.3 is 8.56 Å². The van der Waals surface area contributed by atoms with Crippen molar-refractivity contribution in [3.63, 3.8) is 0 Å². The molecule has 0 N–H and O–H groups in total. The van der Waals surface area contributed by atoms with Crippen LogP contribution in [0.25, 0.3) is 0 Å². The summed E-state index contributed by atoms with van der Waals surface area (Å²) >= 11 is 23.4. The lowest BCUT2D eigenvalue weighted by atomic mass is 10.4. The van der Waals surface area contributed by atoms with Crippen molar-refractivity contribution in [2.24, 2.45) is 0 Å². The van der Waals surface area contributed by atoms with Gasteiger partial charge in [-0.25, -0.2) is 0 Å². The molecule has 0 aromatic heterocycles. The zero-order valence-corrected chi connectivity index (χ0v) is 22.0. The number of benzene rings is 2. The number of alkyl halides is 4. The molecule has 2 aromatic rings. The molecule has 0 atom stereocenters. The van der Waals surface area contributed by atoms with Crippen LogP contribution in [-0.2, 0) is 8.85 Å². The van der Waals surface area contributed by atoms with Gasteiger partial charge in [0, 0.05) is 13.2 Å². The minimum absolute atomic E-state index is 0.301. The molecule has 0 aliphatic heterocycles. The summed E-state index contributed by atoms with van der Waals surface area (Å²) < 4.78 is 12.6. The molecule has 0 aliphatic rings. The Bertz CT molecular complexity index is 618. The number of halogens is 4. The van der Waals surface area contributed by atoms with Crippen molar-refractivity contribution in [2.75, 3.05) is 13.2 Å². The van der Waals surface area contributed by atoms with Gasteiger partial charge in [0.1, 0.15) is 0 Å². The summed E-state index contributed by atoms with van der Waals surface area (Å²) in [6, 6.07) is 22.5. The maximum atomic E-state index is 6.60. The predicted molar refractivity (Wildman–Crippen MR) is 131 cm³/mol. The summed E-state index contributed by atoms with van der Waals surface area (Å²) in [5.41, 5.74) is 0. The first kappa shape index (κ1) is 25.4. The zero-order chi connectivity index (χ0) is 21.0. The first-order valence-electron chi connectivity index (χ1n) is 9.46. The summed E-state index contributed by atoms with van der Waals surface area (Å²) in [7, 11) is -1.80. The third kappa shape index (κ3) is 9.05. The fourth-order valence-electron chi connectivity index (χ4n) is 2.86. The van der Waals surface area contributed by atoms with Crippen molar-refractivity contribution in [1.29, 1.82) is 0 Å². The van der Waals surface area contributed by atoms with Crippen LogP contribution in [0.4, 0.5) is 0 Å². The molecule has 0 bridgehead atoms. The molecule has 0 heterocycles. The average Bonchev–Trinajstić information content (AvgIpc) is 2.72. The highest BCUT2D eigenvalue weighted by Crippen LogP contribution is 2.14. The van der Waals surface area contributed by atoms with Gasteiger partial charge in [0.05, 0.1) is 28.0 Å². The molecule has 0 saturated carbocycles. The monoisotopic (exact) mass is 520 g/mol. The van der Waals surface area contributed by atoms with E-state index in [-0.39, 0.29) is 8.92 Å². The maximum Gasteiger partial charge on any atom is 0.407 e. The van der Waals surface area contributed by atoms with E-state index in [9.17, 15) is 0 Å².